The van der Waals surface area contributed by atoms with Gasteiger partial charge in [0, 0.05) is 19.0 Å². The van der Waals surface area contributed by atoms with Crippen molar-refractivity contribution >= 4 is 27.0 Å². The SMILES string of the molecule is Cc1nc2ccc(-c3c(Br)nc(CCN)n3C)cc2[nH]1. The molecule has 104 valence electrons. The van der Waals surface area contributed by atoms with Gasteiger partial charge in [0.1, 0.15) is 16.3 Å². The van der Waals surface area contributed by atoms with Gasteiger partial charge in [-0.3, -0.25) is 0 Å². The van der Waals surface area contributed by atoms with E-state index in [4.69, 9.17) is 5.73 Å². The number of H-pyrrole nitrogens is 1. The van der Waals surface area contributed by atoms with Crippen LogP contribution in [0.3, 0.4) is 0 Å². The van der Waals surface area contributed by atoms with Gasteiger partial charge in [-0.25, -0.2) is 9.97 Å². The topological polar surface area (TPSA) is 72.5 Å². The fraction of sp³-hybridized carbons (Fsp3) is 0.286. The average Bonchev–Trinajstić information content (AvgIpc) is 2.89. The third kappa shape index (κ3) is 2.14. The number of aromatic amines is 1. The van der Waals surface area contributed by atoms with Crippen LogP contribution in [0.2, 0.25) is 0 Å². The van der Waals surface area contributed by atoms with E-state index in [1.54, 1.807) is 0 Å². The molecule has 0 amide bonds. The summed E-state index contributed by atoms with van der Waals surface area (Å²) < 4.78 is 2.93. The largest absolute Gasteiger partial charge is 0.342 e. The molecule has 0 unspecified atom stereocenters. The molecule has 0 aliphatic heterocycles. The molecule has 1 aromatic carbocycles. The van der Waals surface area contributed by atoms with Crippen molar-refractivity contribution in [2.45, 2.75) is 13.3 Å². The maximum Gasteiger partial charge on any atom is 0.132 e. The number of aromatic nitrogens is 4. The number of hydrogen-bond donors (Lipinski definition) is 2. The molecule has 6 heteroatoms. The molecule has 2 heterocycles. The van der Waals surface area contributed by atoms with Gasteiger partial charge in [0.05, 0.1) is 16.7 Å². The standard InChI is InChI=1S/C14H16BrN5/c1-8-17-10-4-3-9(7-11(10)18-8)13-14(15)19-12(5-6-16)20(13)2/h3-4,7H,5-6,16H2,1-2H3,(H,17,18). The van der Waals surface area contributed by atoms with Gasteiger partial charge in [-0.05, 0) is 41.5 Å². The van der Waals surface area contributed by atoms with E-state index >= 15 is 0 Å². The summed E-state index contributed by atoms with van der Waals surface area (Å²) >= 11 is 3.55. The third-order valence-electron chi connectivity index (χ3n) is 3.39. The van der Waals surface area contributed by atoms with Crippen LogP contribution in [0.1, 0.15) is 11.6 Å². The number of benzene rings is 1. The molecule has 0 aliphatic carbocycles. The second kappa shape index (κ2) is 5.03. The maximum absolute atomic E-state index is 5.62. The zero-order valence-corrected chi connectivity index (χ0v) is 13.0. The van der Waals surface area contributed by atoms with Crippen molar-refractivity contribution in [1.82, 2.24) is 19.5 Å². The van der Waals surface area contributed by atoms with Gasteiger partial charge in [0.2, 0.25) is 0 Å². The second-order valence-electron chi connectivity index (χ2n) is 4.82. The number of aryl methyl sites for hydroxylation is 1. The molecule has 3 aromatic rings. The Labute approximate surface area is 125 Å². The first-order chi connectivity index (χ1) is 9.60. The van der Waals surface area contributed by atoms with E-state index in [9.17, 15) is 0 Å². The van der Waals surface area contributed by atoms with Gasteiger partial charge in [0.15, 0.2) is 0 Å². The van der Waals surface area contributed by atoms with E-state index in [0.717, 1.165) is 45.0 Å². The molecule has 0 spiro atoms. The zero-order valence-electron chi connectivity index (χ0n) is 11.4. The Morgan fingerprint density at radius 2 is 2.15 bits per heavy atom. The van der Waals surface area contributed by atoms with Gasteiger partial charge in [-0.2, -0.15) is 0 Å². The molecular formula is C14H16BrN5. The van der Waals surface area contributed by atoms with Gasteiger partial charge in [-0.15, -0.1) is 0 Å². The first-order valence-corrected chi connectivity index (χ1v) is 7.27. The molecule has 0 atom stereocenters. The number of fused-ring (bicyclic) bond motifs is 1. The van der Waals surface area contributed by atoms with Crippen LogP contribution in [0.5, 0.6) is 0 Å². The summed E-state index contributed by atoms with van der Waals surface area (Å²) in [5, 5.41) is 0. The van der Waals surface area contributed by atoms with Crippen LogP contribution in [-0.4, -0.2) is 26.1 Å². The Kier molecular flexibility index (Phi) is 3.35. The fourth-order valence-electron chi connectivity index (χ4n) is 2.46. The van der Waals surface area contributed by atoms with Crippen LogP contribution < -0.4 is 5.73 Å². The number of hydrogen-bond acceptors (Lipinski definition) is 3. The lowest BCUT2D eigenvalue weighted by atomic mass is 10.1. The van der Waals surface area contributed by atoms with Crippen LogP contribution in [0, 0.1) is 6.92 Å². The number of nitrogens with one attached hydrogen (secondary N) is 1. The summed E-state index contributed by atoms with van der Waals surface area (Å²) in [6.45, 7) is 2.55. The normalized spacial score (nSPS) is 11.4. The first-order valence-electron chi connectivity index (χ1n) is 6.48. The molecular weight excluding hydrogens is 318 g/mol. The quantitative estimate of drug-likeness (QED) is 0.773. The van der Waals surface area contributed by atoms with Crippen LogP contribution in [0.15, 0.2) is 22.8 Å². The zero-order chi connectivity index (χ0) is 14.3. The Balaban J connectivity index is 2.14. The highest BCUT2D eigenvalue weighted by Gasteiger charge is 2.14. The van der Waals surface area contributed by atoms with Crippen molar-refractivity contribution in [3.63, 3.8) is 0 Å². The van der Waals surface area contributed by atoms with E-state index in [-0.39, 0.29) is 0 Å². The maximum atomic E-state index is 5.62. The highest BCUT2D eigenvalue weighted by atomic mass is 79.9. The minimum atomic E-state index is 0.593. The molecule has 5 nitrogen and oxygen atoms in total. The van der Waals surface area contributed by atoms with Gasteiger partial charge in [0.25, 0.3) is 0 Å². The number of nitrogens with zero attached hydrogens (tertiary/aromatic N) is 3. The summed E-state index contributed by atoms with van der Waals surface area (Å²) in [4.78, 5) is 12.2. The molecule has 0 radical (unpaired) electrons. The summed E-state index contributed by atoms with van der Waals surface area (Å²) in [6.07, 6.45) is 0.764. The summed E-state index contributed by atoms with van der Waals surface area (Å²) in [7, 11) is 2.01. The molecule has 2 aromatic heterocycles. The molecule has 0 bridgehead atoms. The smallest absolute Gasteiger partial charge is 0.132 e. The Morgan fingerprint density at radius 1 is 1.35 bits per heavy atom. The number of imidazole rings is 2. The molecule has 0 fully saturated rings. The minimum absolute atomic E-state index is 0.593. The van der Waals surface area contributed by atoms with Crippen molar-refractivity contribution in [3.05, 3.63) is 34.5 Å². The van der Waals surface area contributed by atoms with Gasteiger partial charge >= 0.3 is 0 Å². The van der Waals surface area contributed by atoms with E-state index in [2.05, 4.69) is 47.6 Å². The van der Waals surface area contributed by atoms with Crippen molar-refractivity contribution in [1.29, 1.82) is 0 Å². The molecule has 3 N–H and O–H groups in total. The van der Waals surface area contributed by atoms with Crippen molar-refractivity contribution in [2.75, 3.05) is 6.54 Å². The highest BCUT2D eigenvalue weighted by molar-refractivity contribution is 9.10. The van der Waals surface area contributed by atoms with E-state index in [1.165, 1.54) is 0 Å². The predicted molar refractivity (Wildman–Crippen MR) is 83.5 cm³/mol. The monoisotopic (exact) mass is 333 g/mol. The molecule has 0 saturated carbocycles. The molecule has 0 saturated heterocycles. The van der Waals surface area contributed by atoms with Crippen LogP contribution in [0.4, 0.5) is 0 Å². The molecule has 3 rings (SSSR count). The fourth-order valence-corrected chi connectivity index (χ4v) is 3.16. The number of nitrogens with two attached hydrogens (primary N) is 1. The third-order valence-corrected chi connectivity index (χ3v) is 3.94. The molecule has 20 heavy (non-hydrogen) atoms. The lowest BCUT2D eigenvalue weighted by Crippen LogP contribution is -2.08. The lowest BCUT2D eigenvalue weighted by molar-refractivity contribution is 0.782. The Bertz CT molecular complexity index is 771. The van der Waals surface area contributed by atoms with Crippen LogP contribution in [0.25, 0.3) is 22.3 Å². The summed E-state index contributed by atoms with van der Waals surface area (Å²) in [5.41, 5.74) is 9.80. The average molecular weight is 334 g/mol. The summed E-state index contributed by atoms with van der Waals surface area (Å²) in [6, 6.07) is 6.19. The number of rotatable bonds is 3. The van der Waals surface area contributed by atoms with Crippen molar-refractivity contribution in [2.24, 2.45) is 12.8 Å². The lowest BCUT2D eigenvalue weighted by Gasteiger charge is -2.06. The van der Waals surface area contributed by atoms with Crippen molar-refractivity contribution in [3.8, 4) is 11.3 Å². The Morgan fingerprint density at radius 3 is 2.90 bits per heavy atom. The van der Waals surface area contributed by atoms with Gasteiger partial charge in [-0.1, -0.05) is 6.07 Å². The highest BCUT2D eigenvalue weighted by Crippen LogP contribution is 2.30. The van der Waals surface area contributed by atoms with E-state index in [1.807, 2.05) is 20.0 Å². The van der Waals surface area contributed by atoms with Gasteiger partial charge < -0.3 is 15.3 Å². The molecule has 0 aliphatic rings. The second-order valence-corrected chi connectivity index (χ2v) is 5.57. The summed E-state index contributed by atoms with van der Waals surface area (Å²) in [5.74, 6) is 1.90. The first kappa shape index (κ1) is 13.3. The van der Waals surface area contributed by atoms with Crippen molar-refractivity contribution < 1.29 is 0 Å². The van der Waals surface area contributed by atoms with Crippen LogP contribution >= 0.6 is 15.9 Å². The Hall–Kier alpha value is -1.66. The van der Waals surface area contributed by atoms with Crippen LogP contribution in [-0.2, 0) is 13.5 Å². The number of halogens is 1. The predicted octanol–water partition coefficient (Wildman–Crippen LogP) is 2.54. The minimum Gasteiger partial charge on any atom is -0.342 e. The van der Waals surface area contributed by atoms with E-state index < -0.39 is 0 Å². The van der Waals surface area contributed by atoms with E-state index in [0.29, 0.717) is 6.54 Å².